The van der Waals surface area contributed by atoms with Gasteiger partial charge in [-0.3, -0.25) is 0 Å². The molecule has 1 saturated heterocycles. The molecule has 0 aromatic rings. The van der Waals surface area contributed by atoms with Gasteiger partial charge in [-0.15, -0.1) is 0 Å². The maximum absolute atomic E-state index is 4.82. The van der Waals surface area contributed by atoms with Crippen molar-refractivity contribution in [2.75, 3.05) is 6.61 Å². The summed E-state index contributed by atoms with van der Waals surface area (Å²) in [5.41, 5.74) is 0. The topological polar surface area (TPSA) is 9.23 Å². The second kappa shape index (κ2) is 7.31. The maximum Gasteiger partial charge on any atom is 0.0837 e. The fourth-order valence-electron chi connectivity index (χ4n) is 0.417. The Morgan fingerprint density at radius 3 is 2.29 bits per heavy atom. The first-order valence-electron chi connectivity index (χ1n) is 1.93. The van der Waals surface area contributed by atoms with Crippen LogP contribution < -0.4 is 24.0 Å². The van der Waals surface area contributed by atoms with Crippen molar-refractivity contribution < 1.29 is 48.2 Å². The Balaban J connectivity index is 0. The average molecular weight is 263 g/mol. The van der Waals surface area contributed by atoms with Gasteiger partial charge >= 0.3 is 0 Å². The van der Waals surface area contributed by atoms with Crippen LogP contribution in [0.2, 0.25) is 0 Å². The molecule has 1 heterocycles. The van der Waals surface area contributed by atoms with Crippen molar-refractivity contribution in [1.29, 1.82) is 0 Å². The molecule has 0 amide bonds. The summed E-state index contributed by atoms with van der Waals surface area (Å²) in [5.74, 6) is 0. The second-order valence-corrected chi connectivity index (χ2v) is 1.18. The summed E-state index contributed by atoms with van der Waals surface area (Å²) < 4.78 is 4.82. The molecule has 7 heavy (non-hydrogen) atoms. The Labute approximate surface area is 74.0 Å². The van der Waals surface area contributed by atoms with Crippen molar-refractivity contribution in [2.45, 2.75) is 12.8 Å². The van der Waals surface area contributed by atoms with Crippen LogP contribution in [-0.4, -0.2) is 6.61 Å². The third kappa shape index (κ3) is 5.18. The van der Waals surface area contributed by atoms with Crippen LogP contribution in [0.15, 0.2) is 0 Å². The molecule has 39 valence electrons. The van der Waals surface area contributed by atoms with Crippen LogP contribution in [0.3, 0.4) is 0 Å². The van der Waals surface area contributed by atoms with E-state index in [2.05, 4.69) is 0 Å². The predicted molar refractivity (Wildman–Crippen MR) is 19.5 cm³/mol. The van der Waals surface area contributed by atoms with E-state index in [0.29, 0.717) is 0 Å². The summed E-state index contributed by atoms with van der Waals surface area (Å²) in [6.07, 6.45) is 2.38. The minimum Gasteiger partial charge on any atom is -1.00 e. The molecule has 1 rings (SSSR count). The quantitative estimate of drug-likeness (QED) is 0.361. The van der Waals surface area contributed by atoms with E-state index < -0.39 is 0 Å². The van der Waals surface area contributed by atoms with Gasteiger partial charge in [0, 0.05) is 26.1 Å². The first-order valence-corrected chi connectivity index (χ1v) is 1.93. The van der Waals surface area contributed by atoms with E-state index in [0.717, 1.165) is 13.0 Å². The summed E-state index contributed by atoms with van der Waals surface area (Å²) in [6, 6.07) is 0. The molecule has 0 spiro atoms. The Bertz CT molecular complexity index is 23.3. The van der Waals surface area contributed by atoms with E-state index in [-0.39, 0.29) is 43.5 Å². The van der Waals surface area contributed by atoms with Crippen molar-refractivity contribution in [3.8, 4) is 0 Å². The van der Waals surface area contributed by atoms with E-state index in [4.69, 9.17) is 4.74 Å². The molecule has 1 fully saturated rings. The molecular formula is C4H7IOZn-. The van der Waals surface area contributed by atoms with Gasteiger partial charge < -0.3 is 28.7 Å². The van der Waals surface area contributed by atoms with Gasteiger partial charge in [0.15, 0.2) is 0 Å². The SMILES string of the molecule is [CH]1CCCO1.[I-].[Zn]. The third-order valence-electron chi connectivity index (χ3n) is 0.702. The zero-order chi connectivity index (χ0) is 3.54. The minimum absolute atomic E-state index is 0. The van der Waals surface area contributed by atoms with Gasteiger partial charge in [-0.05, 0) is 12.8 Å². The molecule has 0 N–H and O–H groups in total. The van der Waals surface area contributed by atoms with Crippen LogP contribution in [0.25, 0.3) is 0 Å². The molecule has 0 bridgehead atoms. The number of hydrogen-bond acceptors (Lipinski definition) is 1. The fourth-order valence-corrected chi connectivity index (χ4v) is 0.417. The minimum atomic E-state index is 0. The van der Waals surface area contributed by atoms with Gasteiger partial charge in [-0.25, -0.2) is 0 Å². The third-order valence-corrected chi connectivity index (χ3v) is 0.702. The summed E-state index contributed by atoms with van der Waals surface area (Å²) in [6.45, 7) is 2.81. The van der Waals surface area contributed by atoms with Crippen LogP contribution in [0, 0.1) is 6.61 Å². The standard InChI is InChI=1S/C4H7O.HI.Zn/c1-2-4-5-3-1;;/h3H,1-2,4H2;1H;/p-1. The van der Waals surface area contributed by atoms with Gasteiger partial charge in [-0.2, -0.15) is 0 Å². The maximum atomic E-state index is 4.82. The van der Waals surface area contributed by atoms with Crippen LogP contribution >= 0.6 is 0 Å². The monoisotopic (exact) mass is 262 g/mol. The normalized spacial score (nSPS) is 17.1. The van der Waals surface area contributed by atoms with E-state index in [1.165, 1.54) is 6.42 Å². The first-order chi connectivity index (χ1) is 2.50. The second-order valence-electron chi connectivity index (χ2n) is 1.18. The summed E-state index contributed by atoms with van der Waals surface area (Å²) in [5, 5.41) is 0. The molecule has 0 atom stereocenters. The average Bonchev–Trinajstić information content (AvgIpc) is 1.76. The van der Waals surface area contributed by atoms with E-state index in [1.807, 2.05) is 6.61 Å². The van der Waals surface area contributed by atoms with Crippen molar-refractivity contribution in [1.82, 2.24) is 0 Å². The van der Waals surface area contributed by atoms with Crippen LogP contribution in [-0.2, 0) is 24.2 Å². The summed E-state index contributed by atoms with van der Waals surface area (Å²) in [7, 11) is 0. The van der Waals surface area contributed by atoms with Crippen molar-refractivity contribution in [2.24, 2.45) is 0 Å². The van der Waals surface area contributed by atoms with Gasteiger partial charge in [0.2, 0.25) is 0 Å². The Morgan fingerprint density at radius 2 is 2.14 bits per heavy atom. The van der Waals surface area contributed by atoms with Crippen molar-refractivity contribution in [3.05, 3.63) is 6.61 Å². The van der Waals surface area contributed by atoms with E-state index >= 15 is 0 Å². The fraction of sp³-hybridized carbons (Fsp3) is 0.750. The smallest absolute Gasteiger partial charge is 0.0837 e. The molecular weight excluding hydrogens is 256 g/mol. The number of rotatable bonds is 0. The van der Waals surface area contributed by atoms with Crippen LogP contribution in [0.5, 0.6) is 0 Å². The zero-order valence-corrected chi connectivity index (χ0v) is 9.32. The van der Waals surface area contributed by atoms with Gasteiger partial charge in [0.05, 0.1) is 6.61 Å². The predicted octanol–water partition coefficient (Wildman–Crippen LogP) is -2.04. The van der Waals surface area contributed by atoms with Crippen LogP contribution in [0.4, 0.5) is 0 Å². The number of ether oxygens (including phenoxy) is 1. The molecule has 1 radical (unpaired) electrons. The Hall–Kier alpha value is 1.31. The number of hydrogen-bond donors (Lipinski definition) is 0. The molecule has 1 aliphatic rings. The van der Waals surface area contributed by atoms with Gasteiger partial charge in [-0.1, -0.05) is 0 Å². The molecule has 0 aromatic heterocycles. The van der Waals surface area contributed by atoms with E-state index in [1.54, 1.807) is 0 Å². The molecule has 0 saturated carbocycles. The summed E-state index contributed by atoms with van der Waals surface area (Å²) in [4.78, 5) is 0. The molecule has 0 aliphatic carbocycles. The zero-order valence-electron chi connectivity index (χ0n) is 4.19. The molecule has 0 unspecified atom stereocenters. The van der Waals surface area contributed by atoms with Crippen molar-refractivity contribution in [3.63, 3.8) is 0 Å². The Kier molecular flexibility index (Phi) is 11.7. The largest absolute Gasteiger partial charge is 1.00 e. The summed E-state index contributed by atoms with van der Waals surface area (Å²) >= 11 is 0. The number of halogens is 1. The molecule has 0 aromatic carbocycles. The molecule has 1 aliphatic heterocycles. The van der Waals surface area contributed by atoms with Crippen molar-refractivity contribution >= 4 is 0 Å². The Morgan fingerprint density at radius 1 is 1.43 bits per heavy atom. The molecule has 3 heteroatoms. The molecule has 1 nitrogen and oxygen atoms in total. The first kappa shape index (κ1) is 11.2. The van der Waals surface area contributed by atoms with E-state index in [9.17, 15) is 0 Å². The van der Waals surface area contributed by atoms with Gasteiger partial charge in [0.25, 0.3) is 0 Å². The van der Waals surface area contributed by atoms with Gasteiger partial charge in [0.1, 0.15) is 0 Å². The van der Waals surface area contributed by atoms with Crippen LogP contribution in [0.1, 0.15) is 12.8 Å².